The number of aliphatic hydroxyl groups excluding tert-OH is 1. The lowest BCUT2D eigenvalue weighted by Crippen LogP contribution is -2.33. The Balaban J connectivity index is 1.83. The van der Waals surface area contributed by atoms with Gasteiger partial charge in [-0.1, -0.05) is 23.7 Å². The molecule has 248 valence electrons. The van der Waals surface area contributed by atoms with E-state index in [4.69, 9.17) is 27.1 Å². The number of aromatic nitrogens is 2. The molecule has 5 aromatic rings. The van der Waals surface area contributed by atoms with Crippen LogP contribution in [0.2, 0.25) is 5.02 Å². The maximum atomic E-state index is 14.5. The Kier molecular flexibility index (Phi) is 10.6. The number of ether oxygens (including phenoxy) is 1. The SMILES string of the molecule is CNc1c(-n2c(C(Cc3cc(F)cc(F)c3)NC=O)nc3cc(-c4ccc(OC)cc4CO)ccc3c2=O)ccc(Cl)c1C(N)=NSC. The normalized spacial score (nSPS) is 12.2. The minimum Gasteiger partial charge on any atom is -0.497 e. The summed E-state index contributed by atoms with van der Waals surface area (Å²) in [6, 6.07) is 15.4. The van der Waals surface area contributed by atoms with Gasteiger partial charge in [-0.15, -0.1) is 0 Å². The first-order chi connectivity index (χ1) is 23.1. The Morgan fingerprint density at radius 1 is 1.15 bits per heavy atom. The molecule has 1 atom stereocenters. The molecule has 10 nitrogen and oxygen atoms in total. The number of fused-ring (bicyclic) bond motifs is 1. The number of nitrogens with two attached hydrogens (primary N) is 1. The summed E-state index contributed by atoms with van der Waals surface area (Å²) in [4.78, 5) is 31.4. The van der Waals surface area contributed by atoms with Crippen LogP contribution in [0, 0.1) is 11.6 Å². The highest BCUT2D eigenvalue weighted by molar-refractivity contribution is 7.97. The third-order valence-electron chi connectivity index (χ3n) is 7.70. The topological polar surface area (TPSA) is 144 Å². The number of amidine groups is 1. The first kappa shape index (κ1) is 34.4. The number of halogens is 3. The quantitative estimate of drug-likeness (QED) is 0.0578. The molecule has 14 heteroatoms. The molecular weight excluding hydrogens is 662 g/mol. The van der Waals surface area contributed by atoms with E-state index in [0.29, 0.717) is 40.1 Å². The molecule has 5 N–H and O–H groups in total. The van der Waals surface area contributed by atoms with Crippen molar-refractivity contribution in [3.05, 3.63) is 116 Å². The lowest BCUT2D eigenvalue weighted by Gasteiger charge is -2.24. The van der Waals surface area contributed by atoms with Gasteiger partial charge in [-0.05, 0) is 82.7 Å². The zero-order valence-corrected chi connectivity index (χ0v) is 27.6. The fourth-order valence-corrected chi connectivity index (χ4v) is 6.16. The monoisotopic (exact) mass is 692 g/mol. The molecule has 0 saturated carbocycles. The number of anilines is 1. The second-order valence-electron chi connectivity index (χ2n) is 10.6. The molecule has 0 aliphatic carbocycles. The number of methoxy groups -OCH3 is 1. The van der Waals surface area contributed by atoms with E-state index in [9.17, 15) is 23.5 Å². The zero-order valence-electron chi connectivity index (χ0n) is 26.1. The number of nitrogens with one attached hydrogen (secondary N) is 2. The molecule has 0 saturated heterocycles. The van der Waals surface area contributed by atoms with Crippen LogP contribution in [0.15, 0.2) is 75.9 Å². The molecule has 1 heterocycles. The molecule has 0 radical (unpaired) electrons. The number of hydrogen-bond donors (Lipinski definition) is 4. The van der Waals surface area contributed by atoms with Gasteiger partial charge in [0.05, 0.1) is 52.6 Å². The summed E-state index contributed by atoms with van der Waals surface area (Å²) >= 11 is 7.70. The van der Waals surface area contributed by atoms with Crippen molar-refractivity contribution in [1.29, 1.82) is 0 Å². The average Bonchev–Trinajstić information content (AvgIpc) is 3.07. The van der Waals surface area contributed by atoms with Gasteiger partial charge in [-0.25, -0.2) is 13.8 Å². The number of aliphatic hydroxyl groups is 1. The molecule has 0 bridgehead atoms. The summed E-state index contributed by atoms with van der Waals surface area (Å²) < 4.78 is 39.3. The molecule has 4 aromatic carbocycles. The lowest BCUT2D eigenvalue weighted by molar-refractivity contribution is -0.110. The second-order valence-corrected chi connectivity index (χ2v) is 11.5. The molecule has 0 spiro atoms. The molecule has 5 rings (SSSR count). The molecule has 1 unspecified atom stereocenters. The smallest absolute Gasteiger partial charge is 0.266 e. The van der Waals surface area contributed by atoms with Crippen LogP contribution in [0.1, 0.15) is 28.6 Å². The number of hydrogen-bond acceptors (Lipinski definition) is 8. The van der Waals surface area contributed by atoms with Crippen molar-refractivity contribution in [3.8, 4) is 22.6 Å². The van der Waals surface area contributed by atoms with Crippen LogP contribution in [0.25, 0.3) is 27.7 Å². The van der Waals surface area contributed by atoms with Gasteiger partial charge in [0.25, 0.3) is 5.56 Å². The third-order valence-corrected chi connectivity index (χ3v) is 8.40. The molecular formula is C34H31ClF2N6O4S. The van der Waals surface area contributed by atoms with Crippen LogP contribution in [0.5, 0.6) is 5.75 Å². The number of carbonyl (C=O) groups is 1. The highest BCUT2D eigenvalue weighted by Crippen LogP contribution is 2.34. The van der Waals surface area contributed by atoms with Crippen molar-refractivity contribution in [3.63, 3.8) is 0 Å². The van der Waals surface area contributed by atoms with Crippen molar-refractivity contribution in [2.75, 3.05) is 25.7 Å². The van der Waals surface area contributed by atoms with E-state index in [1.807, 2.05) is 0 Å². The van der Waals surface area contributed by atoms with Crippen LogP contribution in [0.3, 0.4) is 0 Å². The van der Waals surface area contributed by atoms with Crippen LogP contribution in [0.4, 0.5) is 14.5 Å². The Labute approximate surface area is 283 Å². The maximum absolute atomic E-state index is 14.5. The highest BCUT2D eigenvalue weighted by atomic mass is 35.5. The Morgan fingerprint density at radius 2 is 1.90 bits per heavy atom. The van der Waals surface area contributed by atoms with E-state index in [-0.39, 0.29) is 51.9 Å². The maximum Gasteiger partial charge on any atom is 0.266 e. The largest absolute Gasteiger partial charge is 0.497 e. The summed E-state index contributed by atoms with van der Waals surface area (Å²) in [5, 5.41) is 16.3. The molecule has 0 aliphatic heterocycles. The van der Waals surface area contributed by atoms with Crippen LogP contribution >= 0.6 is 23.5 Å². The van der Waals surface area contributed by atoms with E-state index >= 15 is 0 Å². The van der Waals surface area contributed by atoms with E-state index in [1.54, 1.807) is 61.8 Å². The van der Waals surface area contributed by atoms with Gasteiger partial charge < -0.3 is 26.2 Å². The van der Waals surface area contributed by atoms with Gasteiger partial charge in [-0.2, -0.15) is 4.40 Å². The predicted molar refractivity (Wildman–Crippen MR) is 186 cm³/mol. The minimum atomic E-state index is -1.04. The lowest BCUT2D eigenvalue weighted by atomic mass is 9.98. The van der Waals surface area contributed by atoms with Crippen LogP contribution in [-0.4, -0.2) is 47.3 Å². The van der Waals surface area contributed by atoms with Gasteiger partial charge in [0.1, 0.15) is 29.0 Å². The van der Waals surface area contributed by atoms with Gasteiger partial charge in [0, 0.05) is 25.8 Å². The summed E-state index contributed by atoms with van der Waals surface area (Å²) in [5.74, 6) is -0.876. The molecule has 0 fully saturated rings. The van der Waals surface area contributed by atoms with Gasteiger partial charge >= 0.3 is 0 Å². The number of benzene rings is 4. The molecule has 0 aliphatic rings. The highest BCUT2D eigenvalue weighted by Gasteiger charge is 2.26. The van der Waals surface area contributed by atoms with Gasteiger partial charge in [-0.3, -0.25) is 14.2 Å². The van der Waals surface area contributed by atoms with E-state index in [0.717, 1.165) is 30.1 Å². The summed E-state index contributed by atoms with van der Waals surface area (Å²) in [7, 11) is 3.15. The predicted octanol–water partition coefficient (Wildman–Crippen LogP) is 5.54. The van der Waals surface area contributed by atoms with E-state index in [1.165, 1.54) is 11.7 Å². The summed E-state index contributed by atoms with van der Waals surface area (Å²) in [6.45, 7) is -0.269. The number of carbonyl (C=O) groups excluding carboxylic acids is 1. The Hall–Kier alpha value is -4.98. The fraction of sp³-hybridized carbons (Fsp3) is 0.176. The average molecular weight is 693 g/mol. The fourth-order valence-electron chi connectivity index (χ4n) is 5.62. The summed E-state index contributed by atoms with van der Waals surface area (Å²) in [5.41, 5.74) is 9.19. The van der Waals surface area contributed by atoms with E-state index < -0.39 is 23.2 Å². The molecule has 1 aromatic heterocycles. The second kappa shape index (κ2) is 14.8. The van der Waals surface area contributed by atoms with Crippen LogP contribution in [-0.2, 0) is 17.8 Å². The Morgan fingerprint density at radius 3 is 2.54 bits per heavy atom. The van der Waals surface area contributed by atoms with Crippen LogP contribution < -0.4 is 26.7 Å². The zero-order chi connectivity index (χ0) is 34.5. The summed E-state index contributed by atoms with van der Waals surface area (Å²) in [6.07, 6.45) is 2.04. The molecule has 48 heavy (non-hydrogen) atoms. The number of nitrogens with zero attached hydrogens (tertiary/aromatic N) is 3. The van der Waals surface area contributed by atoms with Crippen molar-refractivity contribution in [2.45, 2.75) is 19.1 Å². The first-order valence-electron chi connectivity index (χ1n) is 14.5. The molecule has 1 amide bonds. The van der Waals surface area contributed by atoms with Crippen molar-refractivity contribution in [1.82, 2.24) is 14.9 Å². The first-order valence-corrected chi connectivity index (χ1v) is 16.1. The van der Waals surface area contributed by atoms with E-state index in [2.05, 4.69) is 15.0 Å². The minimum absolute atomic E-state index is 0.0590. The van der Waals surface area contributed by atoms with Crippen molar-refractivity contribution >= 4 is 52.4 Å². The number of rotatable bonds is 12. The van der Waals surface area contributed by atoms with Crippen molar-refractivity contribution < 1.29 is 23.4 Å². The van der Waals surface area contributed by atoms with Gasteiger partial charge in [0.15, 0.2) is 0 Å². The standard InChI is InChI=1S/C34H31ClF2N6O4S/c1-39-31-29(9-8-26(35)30(31)32(38)42-48-3)43-33(28(40-17-45)12-18-10-21(36)15-22(37)11-18)41-27-14-19(4-6-25(27)34(43)46)24-7-5-23(47-2)13-20(24)16-44/h4-11,13-15,17,28,39,44H,12,16H2,1-3H3,(H2,38,42)(H,40,45). The van der Waals surface area contributed by atoms with Crippen molar-refractivity contribution in [2.24, 2.45) is 10.1 Å². The number of amides is 1. The third kappa shape index (κ3) is 6.84. The van der Waals surface area contributed by atoms with Gasteiger partial charge in [0.2, 0.25) is 6.41 Å². The Bertz CT molecular complexity index is 2090.